The average molecular weight is 208 g/mol. The van der Waals surface area contributed by atoms with Crippen molar-refractivity contribution in [2.24, 2.45) is 0 Å². The molecule has 1 N–H and O–H groups in total. The van der Waals surface area contributed by atoms with Gasteiger partial charge < -0.3 is 10.2 Å². The van der Waals surface area contributed by atoms with Gasteiger partial charge in [0.05, 0.1) is 12.7 Å². The number of carbonyl (C=O) groups excluding carboxylic acids is 1. The number of amides is 1. The monoisotopic (exact) mass is 208 g/mol. The third kappa shape index (κ3) is 3.53. The minimum atomic E-state index is -0.0108. The van der Waals surface area contributed by atoms with Crippen molar-refractivity contribution < 1.29 is 4.79 Å². The van der Waals surface area contributed by atoms with Crippen LogP contribution in [0.15, 0.2) is 12.3 Å². The van der Waals surface area contributed by atoms with Gasteiger partial charge in [0, 0.05) is 13.6 Å². The molecule has 0 unspecified atom stereocenters. The molecule has 0 atom stereocenters. The van der Waals surface area contributed by atoms with Crippen LogP contribution < -0.4 is 10.2 Å². The molecule has 0 saturated heterocycles. The van der Waals surface area contributed by atoms with E-state index >= 15 is 0 Å². The maximum Gasteiger partial charge on any atom is 0.239 e. The summed E-state index contributed by atoms with van der Waals surface area (Å²) in [7, 11) is 1.82. The predicted octanol–water partition coefficient (Wildman–Crippen LogP) is 0.357. The lowest BCUT2D eigenvalue weighted by atomic mass is 10.3. The summed E-state index contributed by atoms with van der Waals surface area (Å²) in [5.41, 5.74) is 1.03. The van der Waals surface area contributed by atoms with E-state index in [4.69, 9.17) is 0 Å². The van der Waals surface area contributed by atoms with E-state index in [0.717, 1.165) is 5.56 Å². The van der Waals surface area contributed by atoms with E-state index in [2.05, 4.69) is 15.5 Å². The first-order chi connectivity index (χ1) is 7.13. The van der Waals surface area contributed by atoms with Crippen LogP contribution in [0.5, 0.6) is 0 Å². The van der Waals surface area contributed by atoms with E-state index in [1.165, 1.54) is 0 Å². The van der Waals surface area contributed by atoms with Gasteiger partial charge in [-0.05, 0) is 25.5 Å². The lowest BCUT2D eigenvalue weighted by molar-refractivity contribution is -0.119. The summed E-state index contributed by atoms with van der Waals surface area (Å²) in [6, 6.07) is 1.90. The first kappa shape index (κ1) is 11.4. The Balaban J connectivity index is 2.60. The molecule has 0 radical (unpaired) electrons. The number of nitrogens with zero attached hydrogens (tertiary/aromatic N) is 3. The molecule has 1 amide bonds. The van der Waals surface area contributed by atoms with E-state index in [9.17, 15) is 4.79 Å². The quantitative estimate of drug-likeness (QED) is 0.776. The van der Waals surface area contributed by atoms with Crippen molar-refractivity contribution in [1.82, 2.24) is 15.5 Å². The number of aromatic nitrogens is 2. The Bertz CT molecular complexity index is 340. The highest BCUT2D eigenvalue weighted by Crippen LogP contribution is 2.07. The second-order valence-corrected chi connectivity index (χ2v) is 3.40. The van der Waals surface area contributed by atoms with E-state index in [1.54, 1.807) is 11.1 Å². The Labute approximate surface area is 89.5 Å². The summed E-state index contributed by atoms with van der Waals surface area (Å²) < 4.78 is 0. The molecule has 5 heteroatoms. The van der Waals surface area contributed by atoms with Crippen molar-refractivity contribution in [3.05, 3.63) is 17.8 Å². The Morgan fingerprint density at radius 3 is 2.93 bits per heavy atom. The van der Waals surface area contributed by atoms with Gasteiger partial charge in [-0.25, -0.2) is 0 Å². The zero-order valence-corrected chi connectivity index (χ0v) is 9.32. The normalized spacial score (nSPS) is 9.80. The molecule has 0 bridgehead atoms. The molecule has 1 aromatic heterocycles. The van der Waals surface area contributed by atoms with Gasteiger partial charge in [0.2, 0.25) is 5.91 Å². The third-order valence-electron chi connectivity index (χ3n) is 1.92. The fourth-order valence-corrected chi connectivity index (χ4v) is 1.18. The highest BCUT2D eigenvalue weighted by molar-refractivity contribution is 5.80. The number of nitrogens with one attached hydrogen (secondary N) is 1. The number of carbonyl (C=O) groups is 1. The van der Waals surface area contributed by atoms with Crippen molar-refractivity contribution in [2.45, 2.75) is 13.8 Å². The van der Waals surface area contributed by atoms with Crippen LogP contribution in [0.3, 0.4) is 0 Å². The maximum atomic E-state index is 11.3. The summed E-state index contributed by atoms with van der Waals surface area (Å²) in [5.74, 6) is 0.699. The topological polar surface area (TPSA) is 58.1 Å². The van der Waals surface area contributed by atoms with Crippen LogP contribution >= 0.6 is 0 Å². The van der Waals surface area contributed by atoms with Gasteiger partial charge in [-0.2, -0.15) is 5.10 Å². The summed E-state index contributed by atoms with van der Waals surface area (Å²) in [4.78, 5) is 13.1. The molecule has 82 valence electrons. The second-order valence-electron chi connectivity index (χ2n) is 3.40. The van der Waals surface area contributed by atoms with Crippen LogP contribution in [0.4, 0.5) is 5.82 Å². The second kappa shape index (κ2) is 5.29. The molecule has 0 aliphatic rings. The lowest BCUT2D eigenvalue weighted by Gasteiger charge is -2.16. The van der Waals surface area contributed by atoms with E-state index in [-0.39, 0.29) is 5.91 Å². The minimum absolute atomic E-state index is 0.0108. The number of rotatable bonds is 4. The van der Waals surface area contributed by atoms with Crippen LogP contribution in [0, 0.1) is 6.92 Å². The van der Waals surface area contributed by atoms with Crippen molar-refractivity contribution in [1.29, 1.82) is 0 Å². The van der Waals surface area contributed by atoms with E-state index in [1.807, 2.05) is 27.0 Å². The molecule has 15 heavy (non-hydrogen) atoms. The smallest absolute Gasteiger partial charge is 0.239 e. The molecular weight excluding hydrogens is 192 g/mol. The fraction of sp³-hybridized carbons (Fsp3) is 0.500. The largest absolute Gasteiger partial charge is 0.355 e. The maximum absolute atomic E-state index is 11.3. The van der Waals surface area contributed by atoms with Gasteiger partial charge in [0.25, 0.3) is 0 Å². The molecule has 1 rings (SSSR count). The van der Waals surface area contributed by atoms with Crippen LogP contribution in [0.1, 0.15) is 12.5 Å². The van der Waals surface area contributed by atoms with Crippen LogP contribution in [-0.4, -0.2) is 36.2 Å². The van der Waals surface area contributed by atoms with E-state index < -0.39 is 0 Å². The zero-order valence-electron chi connectivity index (χ0n) is 9.32. The number of hydrogen-bond acceptors (Lipinski definition) is 4. The highest BCUT2D eigenvalue weighted by Gasteiger charge is 2.07. The molecule has 0 spiro atoms. The molecule has 0 fully saturated rings. The SMILES string of the molecule is CCNC(=O)CN(C)c1cc(C)cnn1. The molecule has 0 aliphatic carbocycles. The Morgan fingerprint density at radius 2 is 2.33 bits per heavy atom. The van der Waals surface area contributed by atoms with E-state index in [0.29, 0.717) is 18.9 Å². The van der Waals surface area contributed by atoms with Gasteiger partial charge in [0.1, 0.15) is 0 Å². The molecule has 1 heterocycles. The third-order valence-corrected chi connectivity index (χ3v) is 1.92. The molecule has 0 aliphatic heterocycles. The minimum Gasteiger partial charge on any atom is -0.355 e. The molecule has 5 nitrogen and oxygen atoms in total. The van der Waals surface area contributed by atoms with Gasteiger partial charge >= 0.3 is 0 Å². The molecule has 0 saturated carbocycles. The summed E-state index contributed by atoms with van der Waals surface area (Å²) in [5, 5.41) is 10.5. The number of aryl methyl sites for hydroxylation is 1. The predicted molar refractivity (Wildman–Crippen MR) is 58.7 cm³/mol. The highest BCUT2D eigenvalue weighted by atomic mass is 16.2. The Morgan fingerprint density at radius 1 is 1.60 bits per heavy atom. The van der Waals surface area contributed by atoms with Crippen LogP contribution in [0.2, 0.25) is 0 Å². The first-order valence-electron chi connectivity index (χ1n) is 4.90. The Hall–Kier alpha value is -1.65. The average Bonchev–Trinajstić information content (AvgIpc) is 2.18. The van der Waals surface area contributed by atoms with Crippen LogP contribution in [0.25, 0.3) is 0 Å². The summed E-state index contributed by atoms with van der Waals surface area (Å²) >= 11 is 0. The number of anilines is 1. The summed E-state index contributed by atoms with van der Waals surface area (Å²) in [6.45, 7) is 4.78. The molecule has 1 aromatic rings. The van der Waals surface area contributed by atoms with Crippen molar-refractivity contribution >= 4 is 11.7 Å². The van der Waals surface area contributed by atoms with Crippen molar-refractivity contribution in [3.8, 4) is 0 Å². The Kier molecular flexibility index (Phi) is 4.03. The van der Waals surface area contributed by atoms with Crippen molar-refractivity contribution in [2.75, 3.05) is 25.0 Å². The summed E-state index contributed by atoms with van der Waals surface area (Å²) in [6.07, 6.45) is 1.68. The first-order valence-corrected chi connectivity index (χ1v) is 4.90. The van der Waals surface area contributed by atoms with Crippen LogP contribution in [-0.2, 0) is 4.79 Å². The number of hydrogen-bond donors (Lipinski definition) is 1. The van der Waals surface area contributed by atoms with Gasteiger partial charge in [-0.3, -0.25) is 4.79 Å². The van der Waals surface area contributed by atoms with Gasteiger partial charge in [-0.1, -0.05) is 0 Å². The molecule has 0 aromatic carbocycles. The lowest BCUT2D eigenvalue weighted by Crippen LogP contribution is -2.35. The number of likely N-dealkylation sites (N-methyl/N-ethyl adjacent to an activating group) is 2. The fourth-order valence-electron chi connectivity index (χ4n) is 1.18. The van der Waals surface area contributed by atoms with Crippen molar-refractivity contribution in [3.63, 3.8) is 0 Å². The zero-order chi connectivity index (χ0) is 11.3. The standard InChI is InChI=1S/C10H16N4O/c1-4-11-10(15)7-14(3)9-5-8(2)6-12-13-9/h5-6H,4,7H2,1-3H3,(H,11,15). The van der Waals surface area contributed by atoms with Gasteiger partial charge in [-0.15, -0.1) is 5.10 Å². The van der Waals surface area contributed by atoms with Gasteiger partial charge in [0.15, 0.2) is 5.82 Å². The molecular formula is C10H16N4O.